The summed E-state index contributed by atoms with van der Waals surface area (Å²) in [6.45, 7) is 2.86. The summed E-state index contributed by atoms with van der Waals surface area (Å²) in [6.07, 6.45) is 6.31. The molecule has 0 aromatic carbocycles. The van der Waals surface area contributed by atoms with E-state index < -0.39 is 0 Å². The Morgan fingerprint density at radius 3 is 2.72 bits per heavy atom. The molecule has 0 unspecified atom stereocenters. The van der Waals surface area contributed by atoms with Gasteiger partial charge in [-0.2, -0.15) is 4.98 Å². The summed E-state index contributed by atoms with van der Waals surface area (Å²) in [6, 6.07) is 4.05. The highest BCUT2D eigenvalue weighted by atomic mass is 15.2. The van der Waals surface area contributed by atoms with Gasteiger partial charge in [0.25, 0.3) is 0 Å². The largest absolute Gasteiger partial charge is 0.368 e. The van der Waals surface area contributed by atoms with E-state index in [-0.39, 0.29) is 0 Å². The Bertz CT molecular complexity index is 512. The van der Waals surface area contributed by atoms with Gasteiger partial charge in [0.1, 0.15) is 5.82 Å². The predicted molar refractivity (Wildman–Crippen MR) is 72.4 cm³/mol. The van der Waals surface area contributed by atoms with E-state index in [4.69, 9.17) is 5.73 Å². The molecule has 0 spiro atoms. The van der Waals surface area contributed by atoms with Crippen molar-refractivity contribution in [3.8, 4) is 0 Å². The minimum atomic E-state index is 0.311. The van der Waals surface area contributed by atoms with Crippen molar-refractivity contribution in [2.75, 3.05) is 24.2 Å². The van der Waals surface area contributed by atoms with Gasteiger partial charge in [0, 0.05) is 37.7 Å². The SMILES string of the molecule is Cc1cnc(N)nc1N(C)CCc1ccncc1. The fraction of sp³-hybridized carbons (Fsp3) is 0.308. The molecule has 0 bridgehead atoms. The van der Waals surface area contributed by atoms with Crippen molar-refractivity contribution in [3.05, 3.63) is 41.9 Å². The number of hydrogen-bond donors (Lipinski definition) is 1. The first-order valence-electron chi connectivity index (χ1n) is 5.86. The number of rotatable bonds is 4. The van der Waals surface area contributed by atoms with Crippen LogP contribution < -0.4 is 10.6 Å². The molecule has 0 aliphatic carbocycles. The first kappa shape index (κ1) is 12.3. The highest BCUT2D eigenvalue weighted by Crippen LogP contribution is 2.15. The van der Waals surface area contributed by atoms with Gasteiger partial charge in [-0.1, -0.05) is 0 Å². The third-order valence-corrected chi connectivity index (χ3v) is 2.81. The van der Waals surface area contributed by atoms with Crippen LogP contribution in [0.25, 0.3) is 0 Å². The fourth-order valence-corrected chi connectivity index (χ4v) is 1.78. The highest BCUT2D eigenvalue weighted by Gasteiger charge is 2.07. The smallest absolute Gasteiger partial charge is 0.221 e. The minimum absolute atomic E-state index is 0.311. The Balaban J connectivity index is 2.03. The number of pyridine rings is 1. The number of hydrogen-bond acceptors (Lipinski definition) is 5. The molecule has 2 heterocycles. The second-order valence-corrected chi connectivity index (χ2v) is 4.26. The third kappa shape index (κ3) is 2.94. The van der Waals surface area contributed by atoms with Crippen molar-refractivity contribution in [1.29, 1.82) is 0 Å². The molecule has 18 heavy (non-hydrogen) atoms. The number of aromatic nitrogens is 3. The first-order chi connectivity index (χ1) is 8.66. The number of aryl methyl sites for hydroxylation is 1. The van der Waals surface area contributed by atoms with Crippen LogP contribution in [0, 0.1) is 6.92 Å². The van der Waals surface area contributed by atoms with Gasteiger partial charge >= 0.3 is 0 Å². The van der Waals surface area contributed by atoms with Crippen molar-refractivity contribution in [2.45, 2.75) is 13.3 Å². The van der Waals surface area contributed by atoms with E-state index in [1.165, 1.54) is 5.56 Å². The summed E-state index contributed by atoms with van der Waals surface area (Å²) in [5, 5.41) is 0. The zero-order valence-electron chi connectivity index (χ0n) is 10.7. The van der Waals surface area contributed by atoms with Crippen molar-refractivity contribution in [3.63, 3.8) is 0 Å². The molecule has 2 rings (SSSR count). The Morgan fingerprint density at radius 2 is 2.00 bits per heavy atom. The maximum absolute atomic E-state index is 5.62. The van der Waals surface area contributed by atoms with Gasteiger partial charge in [-0.05, 0) is 31.0 Å². The molecule has 2 N–H and O–H groups in total. The first-order valence-corrected chi connectivity index (χ1v) is 5.86. The van der Waals surface area contributed by atoms with Gasteiger partial charge in [-0.25, -0.2) is 4.98 Å². The normalized spacial score (nSPS) is 10.3. The summed E-state index contributed by atoms with van der Waals surface area (Å²) in [7, 11) is 2.01. The third-order valence-electron chi connectivity index (χ3n) is 2.81. The van der Waals surface area contributed by atoms with E-state index in [0.717, 1.165) is 24.3 Å². The second kappa shape index (κ2) is 5.44. The van der Waals surface area contributed by atoms with Crippen LogP contribution in [0.5, 0.6) is 0 Å². The number of likely N-dealkylation sites (N-methyl/N-ethyl adjacent to an activating group) is 1. The lowest BCUT2D eigenvalue weighted by Crippen LogP contribution is -2.23. The quantitative estimate of drug-likeness (QED) is 0.880. The zero-order chi connectivity index (χ0) is 13.0. The topological polar surface area (TPSA) is 67.9 Å². The number of anilines is 2. The molecular formula is C13H17N5. The van der Waals surface area contributed by atoms with Crippen molar-refractivity contribution >= 4 is 11.8 Å². The van der Waals surface area contributed by atoms with Crippen LogP contribution >= 0.6 is 0 Å². The van der Waals surface area contributed by atoms with Crippen LogP contribution in [-0.2, 0) is 6.42 Å². The van der Waals surface area contributed by atoms with Gasteiger partial charge in [0.2, 0.25) is 5.95 Å². The lowest BCUT2D eigenvalue weighted by Gasteiger charge is -2.20. The standard InChI is InChI=1S/C13H17N5/c1-10-9-16-13(14)17-12(10)18(2)8-5-11-3-6-15-7-4-11/h3-4,6-7,9H,5,8H2,1-2H3,(H2,14,16,17). The Labute approximate surface area is 107 Å². The van der Waals surface area contributed by atoms with Crippen LogP contribution in [0.2, 0.25) is 0 Å². The van der Waals surface area contributed by atoms with Crippen LogP contribution in [0.15, 0.2) is 30.7 Å². The van der Waals surface area contributed by atoms with Crippen molar-refractivity contribution in [1.82, 2.24) is 15.0 Å². The van der Waals surface area contributed by atoms with E-state index in [1.807, 2.05) is 38.5 Å². The summed E-state index contributed by atoms with van der Waals surface area (Å²) in [4.78, 5) is 14.3. The molecular weight excluding hydrogens is 226 g/mol. The lowest BCUT2D eigenvalue weighted by molar-refractivity contribution is 0.850. The maximum Gasteiger partial charge on any atom is 0.221 e. The van der Waals surface area contributed by atoms with E-state index in [2.05, 4.69) is 19.9 Å². The summed E-state index contributed by atoms with van der Waals surface area (Å²) >= 11 is 0. The fourth-order valence-electron chi connectivity index (χ4n) is 1.78. The van der Waals surface area contributed by atoms with Gasteiger partial charge in [0.05, 0.1) is 0 Å². The monoisotopic (exact) mass is 243 g/mol. The predicted octanol–water partition coefficient (Wildman–Crippen LogP) is 1.44. The lowest BCUT2D eigenvalue weighted by atomic mass is 10.2. The van der Waals surface area contributed by atoms with Crippen LogP contribution in [-0.4, -0.2) is 28.5 Å². The second-order valence-electron chi connectivity index (χ2n) is 4.26. The van der Waals surface area contributed by atoms with E-state index >= 15 is 0 Å². The minimum Gasteiger partial charge on any atom is -0.368 e. The van der Waals surface area contributed by atoms with E-state index in [1.54, 1.807) is 6.20 Å². The van der Waals surface area contributed by atoms with Gasteiger partial charge in [-0.3, -0.25) is 4.98 Å². The van der Waals surface area contributed by atoms with Gasteiger partial charge in [0.15, 0.2) is 0 Å². The zero-order valence-corrected chi connectivity index (χ0v) is 10.7. The molecule has 0 saturated carbocycles. The Hall–Kier alpha value is -2.17. The summed E-state index contributed by atoms with van der Waals surface area (Å²) < 4.78 is 0. The van der Waals surface area contributed by atoms with E-state index in [9.17, 15) is 0 Å². The molecule has 2 aromatic rings. The molecule has 0 amide bonds. The maximum atomic E-state index is 5.62. The van der Waals surface area contributed by atoms with Crippen molar-refractivity contribution in [2.24, 2.45) is 0 Å². The van der Waals surface area contributed by atoms with Crippen LogP contribution in [0.4, 0.5) is 11.8 Å². The summed E-state index contributed by atoms with van der Waals surface area (Å²) in [5.41, 5.74) is 7.91. The van der Waals surface area contributed by atoms with Gasteiger partial charge < -0.3 is 10.6 Å². The molecule has 0 aliphatic rings. The number of nitrogen functional groups attached to an aromatic ring is 1. The number of nitrogens with two attached hydrogens (primary N) is 1. The van der Waals surface area contributed by atoms with Crippen LogP contribution in [0.1, 0.15) is 11.1 Å². The Morgan fingerprint density at radius 1 is 1.28 bits per heavy atom. The molecule has 2 aromatic heterocycles. The average molecular weight is 243 g/mol. The highest BCUT2D eigenvalue weighted by molar-refractivity contribution is 5.47. The molecule has 5 nitrogen and oxygen atoms in total. The molecule has 0 fully saturated rings. The van der Waals surface area contributed by atoms with Crippen LogP contribution in [0.3, 0.4) is 0 Å². The molecule has 94 valence electrons. The van der Waals surface area contributed by atoms with Crippen molar-refractivity contribution < 1.29 is 0 Å². The molecule has 0 aliphatic heterocycles. The Kier molecular flexibility index (Phi) is 3.72. The average Bonchev–Trinajstić information content (AvgIpc) is 2.40. The molecule has 0 saturated heterocycles. The summed E-state index contributed by atoms with van der Waals surface area (Å²) in [5.74, 6) is 1.20. The molecule has 0 atom stereocenters. The number of nitrogens with zero attached hydrogens (tertiary/aromatic N) is 4. The van der Waals surface area contributed by atoms with Gasteiger partial charge in [-0.15, -0.1) is 0 Å². The molecule has 0 radical (unpaired) electrons. The molecule has 5 heteroatoms. The van der Waals surface area contributed by atoms with E-state index in [0.29, 0.717) is 5.95 Å².